The Kier molecular flexibility index (Phi) is 7.44. The van der Waals surface area contributed by atoms with Gasteiger partial charge in [-0.25, -0.2) is 9.37 Å². The summed E-state index contributed by atoms with van der Waals surface area (Å²) >= 11 is 1.39. The maximum atomic E-state index is 14.0. The number of amides is 2. The van der Waals surface area contributed by atoms with E-state index in [1.807, 2.05) is 27.9 Å². The molecule has 2 amide bonds. The Labute approximate surface area is 163 Å². The molecule has 0 aliphatic carbocycles. The number of rotatable bonds is 8. The van der Waals surface area contributed by atoms with Gasteiger partial charge in [-0.1, -0.05) is 12.1 Å². The molecular formula is C19H26FN4O2S+. The molecule has 0 unspecified atom stereocenters. The summed E-state index contributed by atoms with van der Waals surface area (Å²) < 4.78 is 14.0. The number of aromatic nitrogens is 1. The molecule has 6 nitrogen and oxygen atoms in total. The molecule has 8 heteroatoms. The summed E-state index contributed by atoms with van der Waals surface area (Å²) in [7, 11) is 4.03. The Bertz CT molecular complexity index is 787. The van der Waals surface area contributed by atoms with Crippen LogP contribution in [-0.2, 0) is 4.79 Å². The van der Waals surface area contributed by atoms with Crippen LogP contribution in [-0.4, -0.2) is 55.4 Å². The molecule has 2 rings (SSSR count). The van der Waals surface area contributed by atoms with Crippen molar-refractivity contribution in [1.82, 2.24) is 9.88 Å². The second-order valence-electron chi connectivity index (χ2n) is 6.73. The molecule has 0 fully saturated rings. The number of aryl methyl sites for hydroxylation is 2. The number of hydrogen-bond donors (Lipinski definition) is 2. The number of carbonyl (C=O) groups excluding carboxylic acids is 2. The number of anilines is 1. The lowest BCUT2D eigenvalue weighted by Gasteiger charge is -2.22. The summed E-state index contributed by atoms with van der Waals surface area (Å²) in [6.07, 6.45) is 0.714. The van der Waals surface area contributed by atoms with Crippen molar-refractivity contribution >= 4 is 28.3 Å². The van der Waals surface area contributed by atoms with Crippen molar-refractivity contribution < 1.29 is 18.9 Å². The van der Waals surface area contributed by atoms with Crippen LogP contribution in [0.25, 0.3) is 0 Å². The Balaban J connectivity index is 2.10. The Morgan fingerprint density at radius 2 is 1.96 bits per heavy atom. The zero-order chi connectivity index (χ0) is 20.0. The molecule has 2 N–H and O–H groups in total. The molecule has 0 saturated heterocycles. The molecule has 0 aliphatic heterocycles. The molecule has 146 valence electrons. The van der Waals surface area contributed by atoms with Gasteiger partial charge in [0.2, 0.25) is 5.91 Å². The number of benzene rings is 1. The van der Waals surface area contributed by atoms with Crippen molar-refractivity contribution in [3.8, 4) is 0 Å². The zero-order valence-electron chi connectivity index (χ0n) is 16.1. The fourth-order valence-electron chi connectivity index (χ4n) is 2.54. The van der Waals surface area contributed by atoms with E-state index in [1.54, 1.807) is 6.07 Å². The van der Waals surface area contributed by atoms with Crippen LogP contribution in [0.3, 0.4) is 0 Å². The van der Waals surface area contributed by atoms with E-state index < -0.39 is 11.7 Å². The van der Waals surface area contributed by atoms with Gasteiger partial charge in [-0.15, -0.1) is 11.3 Å². The molecule has 1 aromatic carbocycles. The molecule has 2 aromatic rings. The molecule has 0 spiro atoms. The number of quaternary nitrogens is 1. The zero-order valence-corrected chi connectivity index (χ0v) is 17.0. The minimum absolute atomic E-state index is 0.0246. The lowest BCUT2D eigenvalue weighted by Crippen LogP contribution is -3.05. The third-order valence-electron chi connectivity index (χ3n) is 4.11. The molecular weight excluding hydrogens is 367 g/mol. The van der Waals surface area contributed by atoms with Crippen LogP contribution in [0.2, 0.25) is 0 Å². The molecule has 1 heterocycles. The van der Waals surface area contributed by atoms with Crippen molar-refractivity contribution in [2.75, 3.05) is 39.0 Å². The van der Waals surface area contributed by atoms with Gasteiger partial charge in [0.15, 0.2) is 5.13 Å². The van der Waals surface area contributed by atoms with E-state index in [-0.39, 0.29) is 18.0 Å². The average Bonchev–Trinajstić information content (AvgIpc) is 2.90. The number of carbonyl (C=O) groups is 2. The lowest BCUT2D eigenvalue weighted by atomic mass is 10.1. The van der Waals surface area contributed by atoms with E-state index in [9.17, 15) is 14.0 Å². The molecule has 0 saturated carbocycles. The Hall–Kier alpha value is -2.32. The summed E-state index contributed by atoms with van der Waals surface area (Å²) in [6, 6.07) is 5.83. The fourth-order valence-corrected chi connectivity index (χ4v) is 3.37. The van der Waals surface area contributed by atoms with Gasteiger partial charge in [-0.05, 0) is 26.0 Å². The van der Waals surface area contributed by atoms with E-state index in [4.69, 9.17) is 0 Å². The summed E-state index contributed by atoms with van der Waals surface area (Å²) in [5.74, 6) is -1.41. The first kappa shape index (κ1) is 21.0. The van der Waals surface area contributed by atoms with E-state index in [0.29, 0.717) is 18.1 Å². The van der Waals surface area contributed by atoms with E-state index in [2.05, 4.69) is 10.3 Å². The molecule has 0 radical (unpaired) electrons. The van der Waals surface area contributed by atoms with Gasteiger partial charge in [-0.3, -0.25) is 9.59 Å². The predicted molar refractivity (Wildman–Crippen MR) is 105 cm³/mol. The van der Waals surface area contributed by atoms with Gasteiger partial charge in [0, 0.05) is 17.8 Å². The predicted octanol–water partition coefficient (Wildman–Crippen LogP) is 1.51. The number of thiazole rings is 1. The first-order chi connectivity index (χ1) is 12.8. The maximum Gasteiger partial charge on any atom is 0.257 e. The number of halogens is 1. The van der Waals surface area contributed by atoms with Gasteiger partial charge < -0.3 is 15.1 Å². The lowest BCUT2D eigenvalue weighted by molar-refractivity contribution is -0.858. The molecule has 1 aromatic heterocycles. The number of nitrogens with one attached hydrogen (secondary N) is 2. The quantitative estimate of drug-likeness (QED) is 0.715. The minimum Gasteiger partial charge on any atom is -0.340 e. The fraction of sp³-hybridized carbons (Fsp3) is 0.421. The van der Waals surface area contributed by atoms with Crippen LogP contribution in [0.1, 0.15) is 27.3 Å². The third-order valence-corrected chi connectivity index (χ3v) is 5.09. The third kappa shape index (κ3) is 6.11. The van der Waals surface area contributed by atoms with Crippen molar-refractivity contribution in [3.05, 3.63) is 46.2 Å². The molecule has 0 bridgehead atoms. The standard InChI is InChI=1S/C19H25FN4O2S/c1-13-14(2)27-19(21-13)22-17(25)12-24(11-7-10-23(3)4)18(26)15-8-5-6-9-16(15)20/h5-6,8-9H,7,10-12H2,1-4H3,(H,21,22,25)/p+1. The number of nitrogens with zero attached hydrogens (tertiary/aromatic N) is 2. The van der Waals surface area contributed by atoms with Crippen molar-refractivity contribution in [1.29, 1.82) is 0 Å². The second-order valence-corrected chi connectivity index (χ2v) is 7.93. The van der Waals surface area contributed by atoms with Crippen molar-refractivity contribution in [3.63, 3.8) is 0 Å². The topological polar surface area (TPSA) is 66.7 Å². The Morgan fingerprint density at radius 3 is 2.56 bits per heavy atom. The first-order valence-corrected chi connectivity index (χ1v) is 9.66. The SMILES string of the molecule is Cc1nc(NC(=O)CN(CCC[NH+](C)C)C(=O)c2ccccc2F)sc1C. The van der Waals surface area contributed by atoms with Crippen LogP contribution in [0.4, 0.5) is 9.52 Å². The summed E-state index contributed by atoms with van der Waals surface area (Å²) in [4.78, 5) is 33.1. The summed E-state index contributed by atoms with van der Waals surface area (Å²) in [6.45, 7) is 4.88. The van der Waals surface area contributed by atoms with E-state index in [1.165, 1.54) is 39.3 Å². The van der Waals surface area contributed by atoms with Crippen LogP contribution < -0.4 is 10.2 Å². The highest BCUT2D eigenvalue weighted by molar-refractivity contribution is 7.15. The molecule has 27 heavy (non-hydrogen) atoms. The van der Waals surface area contributed by atoms with Gasteiger partial charge in [0.05, 0.1) is 31.9 Å². The van der Waals surface area contributed by atoms with Crippen molar-refractivity contribution in [2.45, 2.75) is 20.3 Å². The summed E-state index contributed by atoms with van der Waals surface area (Å²) in [5, 5.41) is 3.24. The highest BCUT2D eigenvalue weighted by Gasteiger charge is 2.22. The normalized spacial score (nSPS) is 10.9. The van der Waals surface area contributed by atoms with Crippen molar-refractivity contribution in [2.24, 2.45) is 0 Å². The summed E-state index contributed by atoms with van der Waals surface area (Å²) in [5.41, 5.74) is 0.840. The van der Waals surface area contributed by atoms with Gasteiger partial charge in [-0.2, -0.15) is 0 Å². The molecule has 0 atom stereocenters. The minimum atomic E-state index is -0.586. The van der Waals surface area contributed by atoms with Crippen LogP contribution in [0.5, 0.6) is 0 Å². The van der Waals surface area contributed by atoms with Crippen LogP contribution in [0.15, 0.2) is 24.3 Å². The largest absolute Gasteiger partial charge is 0.340 e. The highest BCUT2D eigenvalue weighted by atomic mass is 32.1. The Morgan fingerprint density at radius 1 is 1.26 bits per heavy atom. The van der Waals surface area contributed by atoms with Crippen LogP contribution in [0, 0.1) is 19.7 Å². The highest BCUT2D eigenvalue weighted by Crippen LogP contribution is 2.21. The van der Waals surface area contributed by atoms with Gasteiger partial charge in [0.1, 0.15) is 12.4 Å². The van der Waals surface area contributed by atoms with Crippen LogP contribution >= 0.6 is 11.3 Å². The maximum absolute atomic E-state index is 14.0. The molecule has 0 aliphatic rings. The monoisotopic (exact) mass is 393 g/mol. The van der Waals surface area contributed by atoms with E-state index in [0.717, 1.165) is 17.1 Å². The smallest absolute Gasteiger partial charge is 0.257 e. The second kappa shape index (κ2) is 9.57. The average molecular weight is 394 g/mol. The van der Waals surface area contributed by atoms with Gasteiger partial charge in [0.25, 0.3) is 5.91 Å². The van der Waals surface area contributed by atoms with E-state index >= 15 is 0 Å². The van der Waals surface area contributed by atoms with Gasteiger partial charge >= 0.3 is 0 Å². The first-order valence-electron chi connectivity index (χ1n) is 8.84. The number of hydrogen-bond acceptors (Lipinski definition) is 4.